The van der Waals surface area contributed by atoms with Gasteiger partial charge in [0, 0.05) is 54.4 Å². The van der Waals surface area contributed by atoms with Crippen LogP contribution in [0.5, 0.6) is 0 Å². The van der Waals surface area contributed by atoms with Crippen LogP contribution in [0.4, 0.5) is 51.2 Å². The molecule has 3 aliphatic rings. The minimum Gasteiger partial charge on any atom is -0.468 e. The summed E-state index contributed by atoms with van der Waals surface area (Å²) in [7, 11) is 0. The lowest BCUT2D eigenvalue weighted by Crippen LogP contribution is -2.61. The molecule has 0 saturated heterocycles. The largest absolute Gasteiger partial charge is 0.468 e. The Morgan fingerprint density at radius 2 is 1.02 bits per heavy atom. The van der Waals surface area contributed by atoms with Gasteiger partial charge in [-0.15, -0.1) is 11.3 Å². The minimum absolute atomic E-state index is 0.0392. The number of hydrogen-bond acceptors (Lipinski definition) is 5. The molecule has 7 heteroatoms. The third-order valence-corrected chi connectivity index (χ3v) is 18.9. The highest BCUT2D eigenvalue weighted by atomic mass is 32.1. The molecule has 0 aliphatic carbocycles. The van der Waals surface area contributed by atoms with Crippen LogP contribution in [0, 0.1) is 0 Å². The fourth-order valence-corrected chi connectivity index (χ4v) is 14.8. The van der Waals surface area contributed by atoms with Gasteiger partial charge >= 0.3 is 0 Å². The standard InChI is InChI=1S/C74H61BN4OS/c1-72(2,3)46-33-34-58-54(37-46)55-38-47(73(4,5)6)40-62-67(55)77(58)63-41-48(74(7,8)9)39-57-69(63)79(62)61-43-51(76(49-24-15-11-16-25-49)50-26-17-12-18-27-50)42-60-66(61)75(57)71-68(56-36-45(32-35-64(56)80-71)44-22-13-10-14-23-44)78(60)59-30-21-29-53-52-28-19-20-31-65(52)81-70(53)59/h10-43H,1-9H3. The van der Waals surface area contributed by atoms with Crippen molar-refractivity contribution in [2.24, 2.45) is 0 Å². The molecule has 0 radical (unpaired) electrons. The van der Waals surface area contributed by atoms with Crippen molar-refractivity contribution in [1.82, 2.24) is 4.57 Å². The van der Waals surface area contributed by atoms with Crippen molar-refractivity contribution in [2.75, 3.05) is 14.7 Å². The molecule has 0 N–H and O–H groups in total. The Hall–Kier alpha value is -8.78. The van der Waals surface area contributed by atoms with Crippen molar-refractivity contribution in [3.63, 3.8) is 0 Å². The summed E-state index contributed by atoms with van der Waals surface area (Å²) < 4.78 is 12.8. The molecule has 0 amide bonds. The highest BCUT2D eigenvalue weighted by Gasteiger charge is 2.50. The molecular formula is C74H61BN4OS. The SMILES string of the molecule is CC(C)(C)c1cc2c3c(c1)-n1c4ccc(C(C)(C)C)cc4c4cc(C(C)(C)C)cc(c41)N3c1cc(N(c3ccccc3)c3ccccc3)cc3c1B2c1oc2ccc(-c4ccccc4)cc2c1N3c1cccc2c1sc1ccccc12. The van der Waals surface area contributed by atoms with Gasteiger partial charge < -0.3 is 23.7 Å². The Kier molecular flexibility index (Phi) is 10.0. The first-order valence-electron chi connectivity index (χ1n) is 28.6. The van der Waals surface area contributed by atoms with Gasteiger partial charge in [0.15, 0.2) is 0 Å². The maximum Gasteiger partial charge on any atom is 0.297 e. The fourth-order valence-electron chi connectivity index (χ4n) is 13.6. The first kappa shape index (κ1) is 48.2. The van der Waals surface area contributed by atoms with Crippen molar-refractivity contribution in [3.05, 3.63) is 223 Å². The van der Waals surface area contributed by atoms with Crippen LogP contribution in [0.15, 0.2) is 211 Å². The summed E-state index contributed by atoms with van der Waals surface area (Å²) in [5.41, 5.74) is 23.9. The summed E-state index contributed by atoms with van der Waals surface area (Å²) in [5, 5.41) is 6.16. The second kappa shape index (κ2) is 16.9. The van der Waals surface area contributed by atoms with E-state index in [2.05, 4.69) is 288 Å². The highest BCUT2D eigenvalue weighted by Crippen LogP contribution is 2.57. The van der Waals surface area contributed by atoms with Gasteiger partial charge in [0.2, 0.25) is 0 Å². The Labute approximate surface area is 478 Å². The fraction of sp³-hybridized carbons (Fsp3) is 0.162. The zero-order valence-electron chi connectivity index (χ0n) is 47.3. The smallest absolute Gasteiger partial charge is 0.297 e. The van der Waals surface area contributed by atoms with E-state index in [-0.39, 0.29) is 23.0 Å². The van der Waals surface area contributed by atoms with Gasteiger partial charge in [0.25, 0.3) is 6.71 Å². The van der Waals surface area contributed by atoms with Crippen molar-refractivity contribution in [2.45, 2.75) is 78.6 Å². The van der Waals surface area contributed by atoms with Crippen LogP contribution in [0.2, 0.25) is 0 Å². The summed E-state index contributed by atoms with van der Waals surface area (Å²) in [6, 6.07) is 77.6. The molecule has 13 aromatic rings. The molecular weight excluding hydrogens is 1000 g/mol. The molecule has 0 unspecified atom stereocenters. The molecule has 0 bridgehead atoms. The van der Waals surface area contributed by atoms with Gasteiger partial charge in [-0.1, -0.05) is 178 Å². The summed E-state index contributed by atoms with van der Waals surface area (Å²) in [6.45, 7) is 20.9. The molecule has 0 fully saturated rings. The average Bonchev–Trinajstić information content (AvgIpc) is 1.91. The summed E-state index contributed by atoms with van der Waals surface area (Å²) in [6.07, 6.45) is 0. The number of anilines is 9. The Balaban J connectivity index is 1.11. The van der Waals surface area contributed by atoms with E-state index in [4.69, 9.17) is 4.42 Å². The number of para-hydroxylation sites is 2. The van der Waals surface area contributed by atoms with E-state index in [0.717, 1.165) is 62.0 Å². The molecule has 6 heterocycles. The molecule has 392 valence electrons. The molecule has 0 atom stereocenters. The maximum atomic E-state index is 7.70. The van der Waals surface area contributed by atoms with E-state index in [1.807, 2.05) is 11.3 Å². The molecule has 5 nitrogen and oxygen atoms in total. The monoisotopic (exact) mass is 1060 g/mol. The number of fused-ring (bicyclic) bond motifs is 14. The predicted molar refractivity (Wildman–Crippen MR) is 347 cm³/mol. The van der Waals surface area contributed by atoms with Gasteiger partial charge in [-0.3, -0.25) is 0 Å². The molecule has 81 heavy (non-hydrogen) atoms. The number of aromatic nitrogens is 1. The quantitative estimate of drug-likeness (QED) is 0.161. The summed E-state index contributed by atoms with van der Waals surface area (Å²) in [5.74, 6) is 0. The van der Waals surface area contributed by atoms with E-state index in [0.29, 0.717) is 0 Å². The Morgan fingerprint density at radius 3 is 1.72 bits per heavy atom. The van der Waals surface area contributed by atoms with Crippen molar-refractivity contribution in [1.29, 1.82) is 0 Å². The lowest BCUT2D eigenvalue weighted by molar-refractivity contribution is 0.590. The predicted octanol–water partition coefficient (Wildman–Crippen LogP) is 19.3. The third-order valence-electron chi connectivity index (χ3n) is 17.7. The van der Waals surface area contributed by atoms with Crippen LogP contribution in [-0.2, 0) is 16.2 Å². The zero-order chi connectivity index (χ0) is 55.0. The first-order chi connectivity index (χ1) is 39.1. The van der Waals surface area contributed by atoms with Crippen LogP contribution in [-0.4, -0.2) is 11.3 Å². The first-order valence-corrected chi connectivity index (χ1v) is 29.4. The second-order valence-electron chi connectivity index (χ2n) is 25.8. The van der Waals surface area contributed by atoms with Gasteiger partial charge in [-0.2, -0.15) is 0 Å². The molecule has 10 aromatic carbocycles. The van der Waals surface area contributed by atoms with E-state index < -0.39 is 0 Å². The number of thiophene rings is 1. The van der Waals surface area contributed by atoms with Gasteiger partial charge in [-0.25, -0.2) is 0 Å². The maximum absolute atomic E-state index is 7.70. The Bertz CT molecular complexity index is 4740. The molecule has 0 saturated carbocycles. The van der Waals surface area contributed by atoms with Gasteiger partial charge in [0.1, 0.15) is 5.58 Å². The highest BCUT2D eigenvalue weighted by molar-refractivity contribution is 7.26. The van der Waals surface area contributed by atoms with Crippen LogP contribution >= 0.6 is 11.3 Å². The van der Waals surface area contributed by atoms with Crippen LogP contribution in [0.25, 0.3) is 69.8 Å². The number of rotatable bonds is 5. The van der Waals surface area contributed by atoms with Crippen molar-refractivity contribution in [3.8, 4) is 16.8 Å². The van der Waals surface area contributed by atoms with Crippen molar-refractivity contribution >= 4 is 139 Å². The molecule has 16 rings (SSSR count). The van der Waals surface area contributed by atoms with E-state index in [1.165, 1.54) is 92.2 Å². The second-order valence-corrected chi connectivity index (χ2v) is 26.8. The topological polar surface area (TPSA) is 27.8 Å². The van der Waals surface area contributed by atoms with Crippen LogP contribution in [0.3, 0.4) is 0 Å². The van der Waals surface area contributed by atoms with Crippen LogP contribution in [0.1, 0.15) is 79.0 Å². The average molecular weight is 1070 g/mol. The number of benzene rings is 10. The molecule has 3 aliphatic heterocycles. The van der Waals surface area contributed by atoms with Crippen LogP contribution < -0.4 is 31.3 Å². The van der Waals surface area contributed by atoms with Gasteiger partial charge in [-0.05, 0) is 146 Å². The van der Waals surface area contributed by atoms with E-state index >= 15 is 0 Å². The lowest BCUT2D eigenvalue weighted by Gasteiger charge is -2.46. The number of hydrogen-bond donors (Lipinski definition) is 0. The van der Waals surface area contributed by atoms with Crippen molar-refractivity contribution < 1.29 is 4.42 Å². The molecule has 3 aromatic heterocycles. The van der Waals surface area contributed by atoms with Gasteiger partial charge in [0.05, 0.1) is 55.5 Å². The zero-order valence-corrected chi connectivity index (χ0v) is 48.1. The third kappa shape index (κ3) is 7.04. The summed E-state index contributed by atoms with van der Waals surface area (Å²) in [4.78, 5) is 7.75. The normalized spacial score (nSPS) is 13.7. The molecule has 0 spiro atoms. The minimum atomic E-state index is -0.282. The Morgan fingerprint density at radius 1 is 0.420 bits per heavy atom. The number of nitrogens with zero attached hydrogens (tertiary/aromatic N) is 4. The summed E-state index contributed by atoms with van der Waals surface area (Å²) >= 11 is 1.88. The van der Waals surface area contributed by atoms with E-state index in [9.17, 15) is 0 Å². The lowest BCUT2D eigenvalue weighted by atomic mass is 9.35. The van der Waals surface area contributed by atoms with E-state index in [1.54, 1.807) is 0 Å². The number of furan rings is 1.